The molecule has 1 aliphatic heterocycles. The van der Waals surface area contributed by atoms with Crippen molar-refractivity contribution < 1.29 is 19.1 Å². The van der Waals surface area contributed by atoms with E-state index in [1.54, 1.807) is 14.2 Å². The Balaban J connectivity index is 2.58. The highest BCUT2D eigenvalue weighted by Crippen LogP contribution is 2.24. The van der Waals surface area contributed by atoms with Crippen LogP contribution in [0.2, 0.25) is 0 Å². The van der Waals surface area contributed by atoms with Gasteiger partial charge in [-0.15, -0.1) is 5.48 Å². The molecule has 0 aromatic carbocycles. The first-order valence-electron chi connectivity index (χ1n) is 5.52. The Morgan fingerprint density at radius 2 is 2.17 bits per heavy atom. The lowest BCUT2D eigenvalue weighted by Gasteiger charge is -2.24. The molecule has 0 aliphatic carbocycles. The molecule has 1 amide bonds. The Morgan fingerprint density at radius 3 is 2.61 bits per heavy atom. The van der Waals surface area contributed by atoms with Gasteiger partial charge in [0.05, 0.1) is 11.0 Å². The molecule has 7 heteroatoms. The third-order valence-corrected chi connectivity index (χ3v) is 2.97. The molecule has 1 N–H and O–H groups in total. The van der Waals surface area contributed by atoms with Gasteiger partial charge in [-0.25, -0.2) is 4.79 Å². The molecule has 6 nitrogen and oxygen atoms in total. The Morgan fingerprint density at radius 1 is 1.56 bits per heavy atom. The highest BCUT2D eigenvalue weighted by Gasteiger charge is 2.28. The number of hydrogen-bond donors (Lipinski definition) is 1. The van der Waals surface area contributed by atoms with E-state index in [1.165, 1.54) is 4.90 Å². The predicted molar refractivity (Wildman–Crippen MR) is 69.8 cm³/mol. The summed E-state index contributed by atoms with van der Waals surface area (Å²) in [5.41, 5.74) is 2.16. The quantitative estimate of drug-likeness (QED) is 0.860. The normalized spacial score (nSPS) is 19.8. The van der Waals surface area contributed by atoms with Gasteiger partial charge in [-0.3, -0.25) is 0 Å². The molecule has 1 rings (SSSR count). The first-order chi connectivity index (χ1) is 8.24. The van der Waals surface area contributed by atoms with Crippen LogP contribution in [0.5, 0.6) is 0 Å². The molecule has 1 atom stereocenters. The number of halogens is 1. The van der Waals surface area contributed by atoms with Crippen LogP contribution >= 0.6 is 15.9 Å². The fourth-order valence-electron chi connectivity index (χ4n) is 1.25. The number of nitrogens with one attached hydrogen (secondary N) is 1. The second-order valence-corrected chi connectivity index (χ2v) is 5.80. The number of carbonyl (C=O) groups is 1. The van der Waals surface area contributed by atoms with Gasteiger partial charge in [0, 0.05) is 14.2 Å². The minimum absolute atomic E-state index is 0.294. The summed E-state index contributed by atoms with van der Waals surface area (Å²) < 4.78 is 11.1. The van der Waals surface area contributed by atoms with E-state index < -0.39 is 11.7 Å². The van der Waals surface area contributed by atoms with Crippen molar-refractivity contribution in [3.8, 4) is 0 Å². The van der Waals surface area contributed by atoms with E-state index in [4.69, 9.17) is 14.3 Å². The molecule has 1 aliphatic rings. The molecule has 1 unspecified atom stereocenters. The minimum atomic E-state index is -0.513. The van der Waals surface area contributed by atoms with Crippen LogP contribution in [0.1, 0.15) is 20.8 Å². The van der Waals surface area contributed by atoms with E-state index in [0.29, 0.717) is 12.3 Å². The Hall–Kier alpha value is -0.790. The van der Waals surface area contributed by atoms with Gasteiger partial charge in [-0.1, -0.05) is 0 Å². The van der Waals surface area contributed by atoms with Crippen molar-refractivity contribution >= 4 is 22.0 Å². The van der Waals surface area contributed by atoms with E-state index in [-0.39, 0.29) is 6.23 Å². The lowest BCUT2D eigenvalue weighted by molar-refractivity contribution is -0.0000390. The third-order valence-electron chi connectivity index (χ3n) is 2.11. The number of likely N-dealkylation sites (N-methyl/N-ethyl adjacent to an activating group) is 1. The van der Waals surface area contributed by atoms with E-state index in [0.717, 1.165) is 4.48 Å². The number of hydroxylamine groups is 1. The van der Waals surface area contributed by atoms with Gasteiger partial charge in [-0.05, 0) is 36.7 Å². The van der Waals surface area contributed by atoms with Gasteiger partial charge in [0.2, 0.25) is 0 Å². The van der Waals surface area contributed by atoms with E-state index >= 15 is 0 Å². The second kappa shape index (κ2) is 5.90. The molecule has 1 heterocycles. The summed E-state index contributed by atoms with van der Waals surface area (Å²) in [6, 6.07) is 0. The largest absolute Gasteiger partial charge is 0.444 e. The molecule has 0 bridgehead atoms. The monoisotopic (exact) mass is 322 g/mol. The minimum Gasteiger partial charge on any atom is -0.444 e. The zero-order valence-electron chi connectivity index (χ0n) is 11.2. The molecule has 104 valence electrons. The maximum absolute atomic E-state index is 11.8. The third kappa shape index (κ3) is 4.15. The van der Waals surface area contributed by atoms with Crippen LogP contribution in [0, 0.1) is 0 Å². The van der Waals surface area contributed by atoms with Crippen molar-refractivity contribution in [3.63, 3.8) is 0 Å². The Bertz CT molecular complexity index is 351. The van der Waals surface area contributed by atoms with Crippen molar-refractivity contribution in [1.82, 2.24) is 10.4 Å². The van der Waals surface area contributed by atoms with E-state index in [2.05, 4.69) is 21.4 Å². The smallest absolute Gasteiger partial charge is 0.410 e. The first-order valence-corrected chi connectivity index (χ1v) is 6.31. The fraction of sp³-hybridized carbons (Fsp3) is 0.727. The van der Waals surface area contributed by atoms with Gasteiger partial charge < -0.3 is 19.2 Å². The lowest BCUT2D eigenvalue weighted by atomic mass is 10.2. The van der Waals surface area contributed by atoms with Gasteiger partial charge >= 0.3 is 6.09 Å². The van der Waals surface area contributed by atoms with Crippen molar-refractivity contribution in [3.05, 3.63) is 10.2 Å². The summed E-state index contributed by atoms with van der Waals surface area (Å²) in [6.07, 6.45) is -0.744. The van der Waals surface area contributed by atoms with Crippen molar-refractivity contribution in [1.29, 1.82) is 0 Å². The van der Waals surface area contributed by atoms with Crippen LogP contribution in [0.4, 0.5) is 4.79 Å². The fourth-order valence-corrected chi connectivity index (χ4v) is 1.74. The van der Waals surface area contributed by atoms with Gasteiger partial charge in [0.15, 0.2) is 12.0 Å². The van der Waals surface area contributed by atoms with Crippen LogP contribution < -0.4 is 5.48 Å². The Labute approximate surface area is 115 Å². The molecule has 0 radical (unpaired) electrons. The van der Waals surface area contributed by atoms with E-state index in [1.807, 2.05) is 20.8 Å². The summed E-state index contributed by atoms with van der Waals surface area (Å²) in [7, 11) is 3.20. The number of carbonyl (C=O) groups excluding carboxylic acids is 1. The highest BCUT2D eigenvalue weighted by molar-refractivity contribution is 9.11. The highest BCUT2D eigenvalue weighted by atomic mass is 79.9. The average molecular weight is 323 g/mol. The van der Waals surface area contributed by atoms with E-state index in [9.17, 15) is 4.79 Å². The van der Waals surface area contributed by atoms with Crippen molar-refractivity contribution in [2.45, 2.75) is 32.6 Å². The SMILES string of the molecule is COC1NOC(CN(C)C(=O)OC(C)(C)C)=C1Br. The summed E-state index contributed by atoms with van der Waals surface area (Å²) in [5, 5.41) is 0. The molecule has 0 aromatic rings. The number of methoxy groups -OCH3 is 1. The van der Waals surface area contributed by atoms with Crippen LogP contribution in [-0.4, -0.2) is 43.5 Å². The number of hydrogen-bond acceptors (Lipinski definition) is 5. The number of ether oxygens (including phenoxy) is 2. The number of amides is 1. The number of rotatable bonds is 3. The predicted octanol–water partition coefficient (Wildman–Crippen LogP) is 1.97. The summed E-state index contributed by atoms with van der Waals surface area (Å²) >= 11 is 3.36. The van der Waals surface area contributed by atoms with Gasteiger partial charge in [0.1, 0.15) is 5.60 Å². The maximum Gasteiger partial charge on any atom is 0.410 e. The molecule has 0 aromatic heterocycles. The Kier molecular flexibility index (Phi) is 5.01. The maximum atomic E-state index is 11.8. The summed E-state index contributed by atoms with van der Waals surface area (Å²) in [5.74, 6) is 0.593. The van der Waals surface area contributed by atoms with Crippen LogP contribution in [0.3, 0.4) is 0 Å². The van der Waals surface area contributed by atoms with Crippen molar-refractivity contribution in [2.75, 3.05) is 20.7 Å². The average Bonchev–Trinajstić information content (AvgIpc) is 2.57. The van der Waals surface area contributed by atoms with Crippen molar-refractivity contribution in [2.24, 2.45) is 0 Å². The lowest BCUT2D eigenvalue weighted by Crippen LogP contribution is -2.35. The second-order valence-electron chi connectivity index (χ2n) is 4.94. The molecule has 0 fully saturated rings. The summed E-state index contributed by atoms with van der Waals surface area (Å²) in [4.78, 5) is 18.4. The molecule has 0 saturated heterocycles. The molecular formula is C11H19BrN2O4. The molecule has 18 heavy (non-hydrogen) atoms. The van der Waals surface area contributed by atoms with Gasteiger partial charge in [-0.2, -0.15) is 0 Å². The van der Waals surface area contributed by atoms with Crippen LogP contribution in [0.25, 0.3) is 0 Å². The topological polar surface area (TPSA) is 60.0 Å². The number of nitrogens with zero attached hydrogens (tertiary/aromatic N) is 1. The molecular weight excluding hydrogens is 304 g/mol. The zero-order valence-corrected chi connectivity index (χ0v) is 12.8. The van der Waals surface area contributed by atoms with Crippen LogP contribution in [0.15, 0.2) is 10.2 Å². The summed E-state index contributed by atoms with van der Waals surface area (Å²) in [6.45, 7) is 5.76. The van der Waals surface area contributed by atoms with Crippen LogP contribution in [-0.2, 0) is 14.3 Å². The zero-order chi connectivity index (χ0) is 13.9. The molecule has 0 saturated carbocycles. The standard InChI is InChI=1S/C11H19BrN2O4/c1-11(2,3)17-10(15)14(4)6-7-8(12)9(16-5)13-18-7/h9,13H,6H2,1-5H3. The molecule has 0 spiro atoms. The van der Waals surface area contributed by atoms with Gasteiger partial charge in [0.25, 0.3) is 0 Å². The first kappa shape index (κ1) is 15.3.